The van der Waals surface area contributed by atoms with Gasteiger partial charge in [0, 0.05) is 31.7 Å². The van der Waals surface area contributed by atoms with E-state index in [1.54, 1.807) is 0 Å². The van der Waals surface area contributed by atoms with E-state index in [-0.39, 0.29) is 6.03 Å². The molecule has 4 rings (SSSR count). The zero-order chi connectivity index (χ0) is 19.3. The number of thiophene rings is 1. The molecule has 28 heavy (non-hydrogen) atoms. The van der Waals surface area contributed by atoms with E-state index in [1.807, 2.05) is 34.5 Å². The molecule has 2 amide bonds. The van der Waals surface area contributed by atoms with E-state index in [2.05, 4.69) is 51.6 Å². The van der Waals surface area contributed by atoms with Crippen molar-refractivity contribution in [2.45, 2.75) is 13.3 Å². The SMILES string of the molecule is CCc1ccc(-c2ccc(N3CCN(C(=O)Nc4cccs4)CC3)nn2)cc1. The minimum absolute atomic E-state index is 0.0425. The van der Waals surface area contributed by atoms with Gasteiger partial charge < -0.3 is 9.80 Å². The van der Waals surface area contributed by atoms with Crippen molar-refractivity contribution >= 4 is 28.2 Å². The number of aromatic nitrogens is 2. The Kier molecular flexibility index (Phi) is 5.53. The average molecular weight is 394 g/mol. The first-order valence-electron chi connectivity index (χ1n) is 9.50. The molecule has 0 bridgehead atoms. The molecular weight excluding hydrogens is 370 g/mol. The lowest BCUT2D eigenvalue weighted by atomic mass is 10.1. The molecule has 6 nitrogen and oxygen atoms in total. The minimum atomic E-state index is -0.0425. The lowest BCUT2D eigenvalue weighted by Crippen LogP contribution is -2.50. The normalized spacial score (nSPS) is 14.2. The molecule has 0 aliphatic carbocycles. The van der Waals surface area contributed by atoms with Gasteiger partial charge in [-0.2, -0.15) is 0 Å². The van der Waals surface area contributed by atoms with Crippen molar-refractivity contribution in [3.63, 3.8) is 0 Å². The molecule has 0 unspecified atom stereocenters. The van der Waals surface area contributed by atoms with Crippen molar-refractivity contribution in [3.05, 3.63) is 59.5 Å². The molecule has 7 heteroatoms. The largest absolute Gasteiger partial charge is 0.352 e. The number of nitrogens with one attached hydrogen (secondary N) is 1. The van der Waals surface area contributed by atoms with Crippen molar-refractivity contribution in [2.75, 3.05) is 36.4 Å². The number of hydrogen-bond acceptors (Lipinski definition) is 5. The highest BCUT2D eigenvalue weighted by Crippen LogP contribution is 2.21. The summed E-state index contributed by atoms with van der Waals surface area (Å²) in [6.07, 6.45) is 1.03. The standard InChI is InChI=1S/C21H23N5OS/c1-2-16-5-7-17(8-6-16)18-9-10-19(24-23-18)25-11-13-26(14-12-25)21(27)22-20-4-3-15-28-20/h3-10,15H,2,11-14H2,1H3,(H,22,27). The summed E-state index contributed by atoms with van der Waals surface area (Å²) in [4.78, 5) is 16.3. The van der Waals surface area contributed by atoms with Gasteiger partial charge in [0.05, 0.1) is 10.7 Å². The third kappa shape index (κ3) is 4.14. The maximum Gasteiger partial charge on any atom is 0.322 e. The Morgan fingerprint density at radius 3 is 2.43 bits per heavy atom. The van der Waals surface area contributed by atoms with Crippen molar-refractivity contribution in [2.24, 2.45) is 0 Å². The van der Waals surface area contributed by atoms with Crippen LogP contribution in [-0.2, 0) is 6.42 Å². The summed E-state index contributed by atoms with van der Waals surface area (Å²) in [7, 11) is 0. The highest BCUT2D eigenvalue weighted by Gasteiger charge is 2.22. The second-order valence-corrected chi connectivity index (χ2v) is 7.66. The van der Waals surface area contributed by atoms with Crippen molar-refractivity contribution in [3.8, 4) is 11.3 Å². The number of benzene rings is 1. The minimum Gasteiger partial charge on any atom is -0.352 e. The van der Waals surface area contributed by atoms with Gasteiger partial charge >= 0.3 is 6.03 Å². The van der Waals surface area contributed by atoms with Gasteiger partial charge in [-0.05, 0) is 41.6 Å². The van der Waals surface area contributed by atoms with Crippen LogP contribution in [0.1, 0.15) is 12.5 Å². The van der Waals surface area contributed by atoms with Gasteiger partial charge in [0.15, 0.2) is 5.82 Å². The van der Waals surface area contributed by atoms with E-state index >= 15 is 0 Å². The fraction of sp³-hybridized carbons (Fsp3) is 0.286. The van der Waals surface area contributed by atoms with Crippen LogP contribution in [0.4, 0.5) is 15.6 Å². The second-order valence-electron chi connectivity index (χ2n) is 6.71. The highest BCUT2D eigenvalue weighted by molar-refractivity contribution is 7.14. The second kappa shape index (κ2) is 8.39. The number of nitrogens with zero attached hydrogens (tertiary/aromatic N) is 4. The van der Waals surface area contributed by atoms with E-state index in [1.165, 1.54) is 16.9 Å². The summed E-state index contributed by atoms with van der Waals surface area (Å²) in [6, 6.07) is 16.3. The van der Waals surface area contributed by atoms with Crippen LogP contribution in [0.5, 0.6) is 0 Å². The Hall–Kier alpha value is -2.93. The van der Waals surface area contributed by atoms with Crippen LogP contribution in [0.15, 0.2) is 53.9 Å². The first-order valence-corrected chi connectivity index (χ1v) is 10.4. The molecule has 1 aliphatic heterocycles. The van der Waals surface area contributed by atoms with E-state index in [0.29, 0.717) is 13.1 Å². The maximum absolute atomic E-state index is 12.3. The van der Waals surface area contributed by atoms with Crippen molar-refractivity contribution in [1.82, 2.24) is 15.1 Å². The predicted molar refractivity (Wildman–Crippen MR) is 114 cm³/mol. The van der Waals surface area contributed by atoms with E-state index in [9.17, 15) is 4.79 Å². The summed E-state index contributed by atoms with van der Waals surface area (Å²) < 4.78 is 0. The molecule has 1 aliphatic rings. The summed E-state index contributed by atoms with van der Waals surface area (Å²) in [5, 5.41) is 14.6. The Balaban J connectivity index is 1.34. The molecule has 0 spiro atoms. The zero-order valence-corrected chi connectivity index (χ0v) is 16.7. The van der Waals surface area contributed by atoms with Gasteiger partial charge in [0.1, 0.15) is 0 Å². The van der Waals surface area contributed by atoms with Crippen LogP contribution >= 0.6 is 11.3 Å². The van der Waals surface area contributed by atoms with Gasteiger partial charge in [-0.15, -0.1) is 21.5 Å². The topological polar surface area (TPSA) is 61.4 Å². The van der Waals surface area contributed by atoms with Crippen molar-refractivity contribution in [1.29, 1.82) is 0 Å². The molecule has 1 fully saturated rings. The van der Waals surface area contributed by atoms with Gasteiger partial charge in [0.25, 0.3) is 0 Å². The number of aryl methyl sites for hydroxylation is 1. The van der Waals surface area contributed by atoms with Gasteiger partial charge in [-0.25, -0.2) is 4.79 Å². The lowest BCUT2D eigenvalue weighted by Gasteiger charge is -2.35. The first kappa shape index (κ1) is 18.4. The number of hydrogen-bond donors (Lipinski definition) is 1. The first-order chi connectivity index (χ1) is 13.7. The van der Waals surface area contributed by atoms with Gasteiger partial charge in [-0.1, -0.05) is 31.2 Å². The van der Waals surface area contributed by atoms with Crippen LogP contribution in [0, 0.1) is 0 Å². The fourth-order valence-corrected chi connectivity index (χ4v) is 3.84. The van der Waals surface area contributed by atoms with E-state index in [4.69, 9.17) is 0 Å². The van der Waals surface area contributed by atoms with E-state index < -0.39 is 0 Å². The molecule has 3 heterocycles. The van der Waals surface area contributed by atoms with Crippen LogP contribution in [0.25, 0.3) is 11.3 Å². The number of anilines is 2. The molecule has 0 radical (unpaired) electrons. The third-order valence-electron chi connectivity index (χ3n) is 4.95. The van der Waals surface area contributed by atoms with Crippen LogP contribution < -0.4 is 10.2 Å². The van der Waals surface area contributed by atoms with Crippen LogP contribution in [0.2, 0.25) is 0 Å². The predicted octanol–water partition coefficient (Wildman–Crippen LogP) is 4.12. The molecule has 3 aromatic rings. The number of carbonyl (C=O) groups excluding carboxylic acids is 1. The summed E-state index contributed by atoms with van der Waals surface area (Å²) in [6.45, 7) is 4.97. The molecule has 2 aromatic heterocycles. The van der Waals surface area contributed by atoms with Gasteiger partial charge in [0.2, 0.25) is 0 Å². The monoisotopic (exact) mass is 393 g/mol. The zero-order valence-electron chi connectivity index (χ0n) is 15.8. The fourth-order valence-electron chi connectivity index (χ4n) is 3.23. The van der Waals surface area contributed by atoms with E-state index in [0.717, 1.165) is 41.6 Å². The highest BCUT2D eigenvalue weighted by atomic mass is 32.1. The molecule has 1 saturated heterocycles. The average Bonchev–Trinajstić information content (AvgIpc) is 3.27. The molecule has 0 saturated carbocycles. The summed E-state index contributed by atoms with van der Waals surface area (Å²) >= 11 is 1.53. The Morgan fingerprint density at radius 1 is 1.04 bits per heavy atom. The maximum atomic E-state index is 12.3. The van der Waals surface area contributed by atoms with Crippen LogP contribution in [0.3, 0.4) is 0 Å². The Labute approximate surface area is 168 Å². The van der Waals surface area contributed by atoms with Gasteiger partial charge in [-0.3, -0.25) is 5.32 Å². The quantitative estimate of drug-likeness (QED) is 0.724. The molecule has 144 valence electrons. The van der Waals surface area contributed by atoms with Crippen LogP contribution in [-0.4, -0.2) is 47.3 Å². The molecular formula is C21H23N5OS. The molecule has 1 aromatic carbocycles. The smallest absolute Gasteiger partial charge is 0.322 e. The summed E-state index contributed by atoms with van der Waals surface area (Å²) in [5.74, 6) is 0.854. The number of amides is 2. The number of rotatable bonds is 4. The molecule has 0 atom stereocenters. The number of piperazine rings is 1. The Morgan fingerprint density at radius 2 is 1.82 bits per heavy atom. The number of urea groups is 1. The Bertz CT molecular complexity index is 901. The number of carbonyl (C=O) groups is 1. The third-order valence-corrected chi connectivity index (χ3v) is 5.74. The molecule has 1 N–H and O–H groups in total. The summed E-state index contributed by atoms with van der Waals surface area (Å²) in [5.41, 5.74) is 3.26. The lowest BCUT2D eigenvalue weighted by molar-refractivity contribution is 0.208. The van der Waals surface area contributed by atoms with Crippen molar-refractivity contribution < 1.29 is 4.79 Å².